The molecular formula is C20H22O6. The van der Waals surface area contributed by atoms with Crippen LogP contribution in [0, 0.1) is 6.92 Å². The summed E-state index contributed by atoms with van der Waals surface area (Å²) in [5.74, 6) is -0.202. The van der Waals surface area contributed by atoms with E-state index in [2.05, 4.69) is 13.2 Å². The Morgan fingerprint density at radius 3 is 2.35 bits per heavy atom. The van der Waals surface area contributed by atoms with E-state index in [1.807, 2.05) is 13.8 Å². The molecule has 0 aliphatic heterocycles. The number of ether oxygens (including phenoxy) is 2. The average molecular weight is 358 g/mol. The molecule has 0 amide bonds. The van der Waals surface area contributed by atoms with Gasteiger partial charge in [-0.15, -0.1) is 0 Å². The zero-order valence-corrected chi connectivity index (χ0v) is 15.2. The van der Waals surface area contributed by atoms with Gasteiger partial charge < -0.3 is 19.0 Å². The molecule has 0 saturated heterocycles. The van der Waals surface area contributed by atoms with Gasteiger partial charge in [-0.05, 0) is 37.5 Å². The minimum Gasteiger partial charge on any atom is -0.489 e. The van der Waals surface area contributed by atoms with Crippen molar-refractivity contribution in [3.05, 3.63) is 58.0 Å². The highest BCUT2D eigenvalue weighted by Crippen LogP contribution is 2.34. The summed E-state index contributed by atoms with van der Waals surface area (Å²) in [4.78, 5) is 23.3. The van der Waals surface area contributed by atoms with Gasteiger partial charge in [-0.2, -0.15) is 0 Å². The third-order valence-corrected chi connectivity index (χ3v) is 3.60. The molecule has 1 N–H and O–H groups in total. The van der Waals surface area contributed by atoms with Crippen LogP contribution in [0.25, 0.3) is 11.0 Å². The molecule has 2 aromatic rings. The van der Waals surface area contributed by atoms with Crippen molar-refractivity contribution in [2.24, 2.45) is 0 Å². The van der Waals surface area contributed by atoms with E-state index >= 15 is 0 Å². The lowest BCUT2D eigenvalue weighted by Gasteiger charge is -2.15. The van der Waals surface area contributed by atoms with Crippen molar-refractivity contribution in [2.45, 2.75) is 27.2 Å². The Balaban J connectivity index is 2.65. The monoisotopic (exact) mass is 358 g/mol. The summed E-state index contributed by atoms with van der Waals surface area (Å²) in [6.45, 7) is 13.5. The highest BCUT2D eigenvalue weighted by molar-refractivity contribution is 5.89. The molecule has 1 heterocycles. The zero-order valence-electron chi connectivity index (χ0n) is 15.2. The van der Waals surface area contributed by atoms with Gasteiger partial charge in [-0.1, -0.05) is 13.2 Å². The number of carbonyl (C=O) groups is 1. The highest BCUT2D eigenvalue weighted by atomic mass is 16.5. The molecule has 0 radical (unpaired) electrons. The number of aliphatic carboxylic acids is 1. The molecule has 1 aromatic carbocycles. The van der Waals surface area contributed by atoms with Crippen LogP contribution in [0.3, 0.4) is 0 Å². The average Bonchev–Trinajstić information content (AvgIpc) is 2.53. The molecule has 26 heavy (non-hydrogen) atoms. The first-order chi connectivity index (χ1) is 12.2. The Morgan fingerprint density at radius 2 is 1.77 bits per heavy atom. The molecule has 0 fully saturated rings. The number of rotatable bonds is 8. The molecule has 138 valence electrons. The molecule has 0 unspecified atom stereocenters. The van der Waals surface area contributed by atoms with Gasteiger partial charge in [-0.25, -0.2) is 4.79 Å². The lowest BCUT2D eigenvalue weighted by molar-refractivity contribution is -0.136. The second-order valence-electron chi connectivity index (χ2n) is 6.35. The van der Waals surface area contributed by atoms with Crippen LogP contribution in [0.2, 0.25) is 0 Å². The van der Waals surface area contributed by atoms with Crippen molar-refractivity contribution in [2.75, 3.05) is 13.2 Å². The predicted molar refractivity (Wildman–Crippen MR) is 99.2 cm³/mol. The molecule has 2 rings (SSSR count). The van der Waals surface area contributed by atoms with Gasteiger partial charge in [0.2, 0.25) is 0 Å². The fraction of sp³-hybridized carbons (Fsp3) is 0.300. The van der Waals surface area contributed by atoms with Crippen LogP contribution >= 0.6 is 0 Å². The van der Waals surface area contributed by atoms with E-state index in [0.717, 1.165) is 11.1 Å². The zero-order chi connectivity index (χ0) is 19.4. The number of carboxylic acids is 1. The van der Waals surface area contributed by atoms with Crippen molar-refractivity contribution in [3.8, 4) is 11.5 Å². The van der Waals surface area contributed by atoms with E-state index < -0.39 is 18.0 Å². The third-order valence-electron chi connectivity index (χ3n) is 3.60. The van der Waals surface area contributed by atoms with Crippen LogP contribution in [0.15, 0.2) is 45.6 Å². The van der Waals surface area contributed by atoms with E-state index in [4.69, 9.17) is 19.0 Å². The van der Waals surface area contributed by atoms with Crippen molar-refractivity contribution < 1.29 is 23.8 Å². The fourth-order valence-electron chi connectivity index (χ4n) is 2.44. The Kier molecular flexibility index (Phi) is 5.87. The van der Waals surface area contributed by atoms with Crippen LogP contribution in [0.4, 0.5) is 0 Å². The van der Waals surface area contributed by atoms with Crippen molar-refractivity contribution in [3.63, 3.8) is 0 Å². The van der Waals surface area contributed by atoms with E-state index in [-0.39, 0.29) is 17.8 Å². The Bertz CT molecular complexity index is 935. The molecule has 1 aromatic heterocycles. The van der Waals surface area contributed by atoms with Gasteiger partial charge in [-0.3, -0.25) is 4.79 Å². The number of hydrogen-bond donors (Lipinski definition) is 1. The maximum absolute atomic E-state index is 12.2. The van der Waals surface area contributed by atoms with E-state index in [1.54, 1.807) is 19.1 Å². The summed E-state index contributed by atoms with van der Waals surface area (Å²) in [5, 5.41) is 9.59. The molecule has 0 bridgehead atoms. The first-order valence-corrected chi connectivity index (χ1v) is 8.05. The summed E-state index contributed by atoms with van der Waals surface area (Å²) in [7, 11) is 0. The number of carboxylic acid groups (broad SMARTS) is 1. The van der Waals surface area contributed by atoms with Gasteiger partial charge in [0, 0.05) is 12.1 Å². The van der Waals surface area contributed by atoms with Gasteiger partial charge in [0.05, 0.1) is 17.4 Å². The van der Waals surface area contributed by atoms with E-state index in [0.29, 0.717) is 29.1 Å². The Hall–Kier alpha value is -3.02. The summed E-state index contributed by atoms with van der Waals surface area (Å²) in [6, 6.07) is 3.27. The van der Waals surface area contributed by atoms with Gasteiger partial charge in [0.25, 0.3) is 0 Å². The summed E-state index contributed by atoms with van der Waals surface area (Å²) >= 11 is 0. The quantitative estimate of drug-likeness (QED) is 0.573. The summed E-state index contributed by atoms with van der Waals surface area (Å²) in [6.07, 6.45) is -0.419. The maximum atomic E-state index is 12.2. The molecule has 0 saturated carbocycles. The van der Waals surface area contributed by atoms with Crippen LogP contribution in [-0.2, 0) is 11.2 Å². The number of benzene rings is 1. The predicted octanol–water partition coefficient (Wildman–Crippen LogP) is 3.64. The third kappa shape index (κ3) is 4.53. The standard InChI is InChI=1S/C20H22O6/c1-11(2)9-24-14-6-16(25-10-12(3)4)19-13(5)15(8-18(21)22)20(23)26-17(19)7-14/h6-7H,1,3,8-10H2,2,4-5H3,(H,21,22). The maximum Gasteiger partial charge on any atom is 0.340 e. The smallest absolute Gasteiger partial charge is 0.340 e. The van der Waals surface area contributed by atoms with Gasteiger partial charge in [0.15, 0.2) is 0 Å². The number of aryl methyl sites for hydroxylation is 1. The first kappa shape index (κ1) is 19.3. The van der Waals surface area contributed by atoms with Crippen LogP contribution in [0.5, 0.6) is 11.5 Å². The van der Waals surface area contributed by atoms with Crippen molar-refractivity contribution in [1.82, 2.24) is 0 Å². The molecular weight excluding hydrogens is 336 g/mol. The lowest BCUT2D eigenvalue weighted by Crippen LogP contribution is -2.15. The second-order valence-corrected chi connectivity index (χ2v) is 6.35. The molecule has 0 spiro atoms. The molecule has 0 aliphatic carbocycles. The number of fused-ring (bicyclic) bond motifs is 1. The molecule has 0 atom stereocenters. The largest absolute Gasteiger partial charge is 0.489 e. The summed E-state index contributed by atoms with van der Waals surface area (Å²) < 4.78 is 16.8. The Labute approximate surface area is 151 Å². The fourth-order valence-corrected chi connectivity index (χ4v) is 2.44. The molecule has 0 aliphatic rings. The first-order valence-electron chi connectivity index (χ1n) is 8.05. The van der Waals surface area contributed by atoms with Crippen molar-refractivity contribution in [1.29, 1.82) is 0 Å². The molecule has 6 nitrogen and oxygen atoms in total. The van der Waals surface area contributed by atoms with Crippen molar-refractivity contribution >= 4 is 16.9 Å². The lowest BCUT2D eigenvalue weighted by atomic mass is 10.0. The van der Waals surface area contributed by atoms with Crippen LogP contribution in [0.1, 0.15) is 25.0 Å². The van der Waals surface area contributed by atoms with Crippen LogP contribution in [-0.4, -0.2) is 24.3 Å². The second kappa shape index (κ2) is 7.91. The van der Waals surface area contributed by atoms with E-state index in [1.165, 1.54) is 0 Å². The number of hydrogen-bond acceptors (Lipinski definition) is 5. The van der Waals surface area contributed by atoms with E-state index in [9.17, 15) is 9.59 Å². The molecule has 6 heteroatoms. The summed E-state index contributed by atoms with van der Waals surface area (Å²) in [5.41, 5.74) is 1.86. The minimum absolute atomic E-state index is 0.0979. The van der Waals surface area contributed by atoms with Gasteiger partial charge in [0.1, 0.15) is 30.3 Å². The Morgan fingerprint density at radius 1 is 1.15 bits per heavy atom. The highest BCUT2D eigenvalue weighted by Gasteiger charge is 2.19. The van der Waals surface area contributed by atoms with Gasteiger partial charge >= 0.3 is 11.6 Å². The normalized spacial score (nSPS) is 10.6. The minimum atomic E-state index is -1.11. The van der Waals surface area contributed by atoms with Crippen LogP contribution < -0.4 is 15.1 Å². The SMILES string of the molecule is C=C(C)COc1cc(OCC(=C)C)c2c(C)c(CC(=O)O)c(=O)oc2c1. The topological polar surface area (TPSA) is 86.0 Å².